The van der Waals surface area contributed by atoms with Crippen molar-refractivity contribution in [3.63, 3.8) is 0 Å². The molecule has 1 heterocycles. The number of hydrogen-bond acceptors (Lipinski definition) is 2. The fraction of sp³-hybridized carbons (Fsp3) is 0.0833. The highest BCUT2D eigenvalue weighted by Gasteiger charge is 2.14. The van der Waals surface area contributed by atoms with Crippen molar-refractivity contribution in [2.75, 3.05) is 0 Å². The van der Waals surface area contributed by atoms with Gasteiger partial charge in [0, 0.05) is 6.42 Å². The molecule has 0 bridgehead atoms. The van der Waals surface area contributed by atoms with Gasteiger partial charge in [-0.15, -0.1) is 0 Å². The monoisotopic (exact) mass is 332 g/mol. The van der Waals surface area contributed by atoms with Crippen molar-refractivity contribution >= 4 is 44.9 Å². The summed E-state index contributed by atoms with van der Waals surface area (Å²) in [5.41, 5.74) is 0.691. The second-order valence-corrected chi connectivity index (χ2v) is 4.98. The van der Waals surface area contributed by atoms with Crippen LogP contribution < -0.4 is 0 Å². The molecule has 0 aliphatic rings. The van der Waals surface area contributed by atoms with Gasteiger partial charge >= 0.3 is 0 Å². The van der Waals surface area contributed by atoms with Crippen molar-refractivity contribution in [2.24, 2.45) is 0 Å². The van der Waals surface area contributed by atoms with Crippen LogP contribution in [0.25, 0.3) is 0 Å². The molecular formula is C12H7BrCl2O2. The summed E-state index contributed by atoms with van der Waals surface area (Å²) in [7, 11) is 0. The van der Waals surface area contributed by atoms with Crippen LogP contribution in [0.1, 0.15) is 16.1 Å². The maximum atomic E-state index is 11.9. The average molecular weight is 334 g/mol. The van der Waals surface area contributed by atoms with E-state index in [0.29, 0.717) is 26.0 Å². The van der Waals surface area contributed by atoms with E-state index in [-0.39, 0.29) is 12.2 Å². The maximum absolute atomic E-state index is 11.9. The fourth-order valence-electron chi connectivity index (χ4n) is 1.41. The second kappa shape index (κ2) is 5.25. The quantitative estimate of drug-likeness (QED) is 0.757. The molecule has 88 valence electrons. The van der Waals surface area contributed by atoms with Gasteiger partial charge < -0.3 is 4.42 Å². The van der Waals surface area contributed by atoms with E-state index in [0.717, 1.165) is 0 Å². The predicted octanol–water partition coefficient (Wildman–Crippen LogP) is 4.77. The first kappa shape index (κ1) is 12.7. The van der Waals surface area contributed by atoms with E-state index in [4.69, 9.17) is 27.6 Å². The fourth-order valence-corrected chi connectivity index (χ4v) is 2.10. The zero-order chi connectivity index (χ0) is 12.4. The summed E-state index contributed by atoms with van der Waals surface area (Å²) in [6.45, 7) is 0. The van der Waals surface area contributed by atoms with Gasteiger partial charge in [0.2, 0.25) is 5.78 Å². The number of furan rings is 1. The van der Waals surface area contributed by atoms with Gasteiger partial charge in [0.05, 0.1) is 10.0 Å². The number of carbonyl (C=O) groups excluding carboxylic acids is 1. The Kier molecular flexibility index (Phi) is 3.92. The molecule has 1 aromatic heterocycles. The largest absolute Gasteiger partial charge is 0.446 e. The Labute approximate surface area is 117 Å². The van der Waals surface area contributed by atoms with Crippen molar-refractivity contribution in [3.8, 4) is 0 Å². The summed E-state index contributed by atoms with van der Waals surface area (Å²) in [5, 5.41) is 0.853. The highest BCUT2D eigenvalue weighted by Crippen LogP contribution is 2.27. The molecule has 2 rings (SSSR count). The summed E-state index contributed by atoms with van der Waals surface area (Å²) in [5.74, 6) is 0.160. The minimum atomic E-state index is -0.139. The molecule has 0 spiro atoms. The maximum Gasteiger partial charge on any atom is 0.202 e. The Morgan fingerprint density at radius 2 is 2.00 bits per heavy atom. The summed E-state index contributed by atoms with van der Waals surface area (Å²) < 4.78 is 5.70. The summed E-state index contributed by atoms with van der Waals surface area (Å²) in [4.78, 5) is 11.9. The number of Topliss-reactive ketones (excluding diaryl/α,β-unsaturated/α-hetero) is 1. The molecule has 0 N–H and O–H groups in total. The molecule has 0 unspecified atom stereocenters. The Balaban J connectivity index is 2.21. The van der Waals surface area contributed by atoms with Crippen LogP contribution in [0.3, 0.4) is 0 Å². The first-order valence-electron chi connectivity index (χ1n) is 4.79. The summed E-state index contributed by atoms with van der Waals surface area (Å²) in [6, 6.07) is 8.50. The minimum Gasteiger partial charge on any atom is -0.446 e. The highest BCUT2D eigenvalue weighted by atomic mass is 79.9. The molecule has 0 aliphatic carbocycles. The van der Waals surface area contributed by atoms with Crippen molar-refractivity contribution in [1.29, 1.82) is 0 Å². The number of rotatable bonds is 3. The van der Waals surface area contributed by atoms with Crippen molar-refractivity contribution < 1.29 is 9.21 Å². The molecule has 0 atom stereocenters. The molecule has 0 aliphatic heterocycles. The van der Waals surface area contributed by atoms with Gasteiger partial charge in [0.1, 0.15) is 0 Å². The zero-order valence-corrected chi connectivity index (χ0v) is 11.6. The number of halogens is 3. The molecule has 1 aromatic carbocycles. The second-order valence-electron chi connectivity index (χ2n) is 3.42. The lowest BCUT2D eigenvalue weighted by atomic mass is 10.1. The number of benzene rings is 1. The smallest absolute Gasteiger partial charge is 0.202 e. The van der Waals surface area contributed by atoms with Crippen LogP contribution in [-0.4, -0.2) is 5.78 Å². The highest BCUT2D eigenvalue weighted by molar-refractivity contribution is 9.10. The van der Waals surface area contributed by atoms with Gasteiger partial charge in [-0.25, -0.2) is 0 Å². The van der Waals surface area contributed by atoms with E-state index in [2.05, 4.69) is 15.9 Å². The molecule has 5 heteroatoms. The van der Waals surface area contributed by atoms with E-state index >= 15 is 0 Å². The van der Waals surface area contributed by atoms with Crippen LogP contribution >= 0.6 is 39.1 Å². The first-order chi connectivity index (χ1) is 8.08. The van der Waals surface area contributed by atoms with Crippen molar-refractivity contribution in [3.05, 3.63) is 56.4 Å². The Morgan fingerprint density at radius 1 is 1.24 bits per heavy atom. The third kappa shape index (κ3) is 2.92. The van der Waals surface area contributed by atoms with Crippen LogP contribution in [0.4, 0.5) is 0 Å². The van der Waals surface area contributed by atoms with Crippen LogP contribution in [0.5, 0.6) is 0 Å². The van der Waals surface area contributed by atoms with E-state index < -0.39 is 0 Å². The molecular weight excluding hydrogens is 327 g/mol. The van der Waals surface area contributed by atoms with Crippen LogP contribution in [-0.2, 0) is 6.42 Å². The van der Waals surface area contributed by atoms with E-state index in [1.807, 2.05) is 0 Å². The number of ketones is 1. The van der Waals surface area contributed by atoms with E-state index in [9.17, 15) is 4.79 Å². The van der Waals surface area contributed by atoms with Crippen LogP contribution in [0.15, 0.2) is 39.4 Å². The van der Waals surface area contributed by atoms with Gasteiger partial charge in [-0.3, -0.25) is 4.79 Å². The van der Waals surface area contributed by atoms with Gasteiger partial charge in [0.25, 0.3) is 0 Å². The Hall–Kier alpha value is -0.770. The molecule has 0 saturated heterocycles. The van der Waals surface area contributed by atoms with Gasteiger partial charge in [-0.1, -0.05) is 35.3 Å². The van der Waals surface area contributed by atoms with Crippen molar-refractivity contribution in [1.82, 2.24) is 0 Å². The normalized spacial score (nSPS) is 10.5. The minimum absolute atomic E-state index is 0.139. The van der Waals surface area contributed by atoms with Gasteiger partial charge in [-0.05, 0) is 39.7 Å². The molecule has 0 saturated carbocycles. The third-order valence-electron chi connectivity index (χ3n) is 2.23. The zero-order valence-electron chi connectivity index (χ0n) is 8.54. The first-order valence-corrected chi connectivity index (χ1v) is 6.34. The Morgan fingerprint density at radius 3 is 2.65 bits per heavy atom. The molecule has 17 heavy (non-hydrogen) atoms. The number of hydrogen-bond donors (Lipinski definition) is 0. The summed E-state index contributed by atoms with van der Waals surface area (Å²) >= 11 is 15.0. The third-order valence-corrected chi connectivity index (χ3v) is 3.51. The predicted molar refractivity (Wildman–Crippen MR) is 70.9 cm³/mol. The van der Waals surface area contributed by atoms with E-state index in [1.165, 1.54) is 0 Å². The SMILES string of the molecule is O=C(Cc1cccc(Cl)c1Cl)c1ccc(Br)o1. The molecule has 0 amide bonds. The number of carbonyl (C=O) groups is 1. The average Bonchev–Trinajstić information content (AvgIpc) is 2.72. The molecule has 0 radical (unpaired) electrons. The molecule has 0 fully saturated rings. The van der Waals surface area contributed by atoms with Crippen LogP contribution in [0.2, 0.25) is 10.0 Å². The Bertz CT molecular complexity index is 563. The summed E-state index contributed by atoms with van der Waals surface area (Å²) in [6.07, 6.45) is 0.166. The van der Waals surface area contributed by atoms with Crippen LogP contribution in [0, 0.1) is 0 Å². The standard InChI is InChI=1S/C12H7BrCl2O2/c13-11-5-4-10(17-11)9(16)6-7-2-1-3-8(14)12(7)15/h1-5H,6H2. The lowest BCUT2D eigenvalue weighted by molar-refractivity contribution is 0.0965. The lowest BCUT2D eigenvalue weighted by Crippen LogP contribution is -2.02. The topological polar surface area (TPSA) is 30.2 Å². The van der Waals surface area contributed by atoms with Gasteiger partial charge in [-0.2, -0.15) is 0 Å². The molecule has 2 aromatic rings. The van der Waals surface area contributed by atoms with E-state index in [1.54, 1.807) is 30.3 Å². The van der Waals surface area contributed by atoms with Crippen molar-refractivity contribution in [2.45, 2.75) is 6.42 Å². The van der Waals surface area contributed by atoms with Gasteiger partial charge in [0.15, 0.2) is 10.4 Å². The lowest BCUT2D eigenvalue weighted by Gasteiger charge is -2.03. The molecule has 2 nitrogen and oxygen atoms in total.